The van der Waals surface area contributed by atoms with E-state index in [4.69, 9.17) is 4.74 Å². The third kappa shape index (κ3) is 2.54. The van der Waals surface area contributed by atoms with Gasteiger partial charge in [0.05, 0.1) is 7.11 Å². The number of anilines is 1. The van der Waals surface area contributed by atoms with Crippen molar-refractivity contribution in [2.45, 2.75) is 32.2 Å². The highest BCUT2D eigenvalue weighted by Crippen LogP contribution is 2.23. The quantitative estimate of drug-likeness (QED) is 0.723. The van der Waals surface area contributed by atoms with E-state index in [1.54, 1.807) is 6.20 Å². The molecule has 1 aromatic heterocycles. The fraction of sp³-hybridized carbons (Fsp3) is 0.583. The van der Waals surface area contributed by atoms with Crippen LogP contribution < -0.4 is 4.90 Å². The standard InChI is InChI=1S/C12H17N3O2/c1-9-13-7-6-11(14-9)15-8-4-3-5-10(15)12(16)17-2/h6-7,10H,3-5,8H2,1-2H3. The second kappa shape index (κ2) is 5.12. The zero-order valence-corrected chi connectivity index (χ0v) is 10.2. The molecule has 1 aliphatic heterocycles. The Morgan fingerprint density at radius 3 is 3.06 bits per heavy atom. The number of hydrogen-bond acceptors (Lipinski definition) is 5. The molecular formula is C12H17N3O2. The van der Waals surface area contributed by atoms with Crippen molar-refractivity contribution in [3.05, 3.63) is 18.1 Å². The molecule has 92 valence electrons. The molecule has 0 N–H and O–H groups in total. The molecule has 5 nitrogen and oxygen atoms in total. The summed E-state index contributed by atoms with van der Waals surface area (Å²) in [7, 11) is 1.43. The van der Waals surface area contributed by atoms with Gasteiger partial charge in [0.25, 0.3) is 0 Å². The third-order valence-corrected chi connectivity index (χ3v) is 3.03. The lowest BCUT2D eigenvalue weighted by Gasteiger charge is -2.34. The highest BCUT2D eigenvalue weighted by molar-refractivity contribution is 5.79. The number of carbonyl (C=O) groups is 1. The SMILES string of the molecule is COC(=O)C1CCCCN1c1ccnc(C)n1. The van der Waals surface area contributed by atoms with Crippen LogP contribution in [0.5, 0.6) is 0 Å². The van der Waals surface area contributed by atoms with Crippen LogP contribution in [0.25, 0.3) is 0 Å². The molecule has 5 heteroatoms. The fourth-order valence-corrected chi connectivity index (χ4v) is 2.19. The van der Waals surface area contributed by atoms with Crippen molar-refractivity contribution < 1.29 is 9.53 Å². The maximum Gasteiger partial charge on any atom is 0.328 e. The van der Waals surface area contributed by atoms with Crippen molar-refractivity contribution in [1.29, 1.82) is 0 Å². The zero-order chi connectivity index (χ0) is 12.3. The normalized spacial score (nSPS) is 20.1. The molecule has 0 aromatic carbocycles. The number of piperidine rings is 1. The molecule has 0 spiro atoms. The van der Waals surface area contributed by atoms with Gasteiger partial charge in [-0.25, -0.2) is 14.8 Å². The summed E-state index contributed by atoms with van der Waals surface area (Å²) >= 11 is 0. The van der Waals surface area contributed by atoms with Crippen molar-refractivity contribution in [2.24, 2.45) is 0 Å². The molecule has 0 saturated carbocycles. The van der Waals surface area contributed by atoms with Gasteiger partial charge in [0, 0.05) is 12.7 Å². The van der Waals surface area contributed by atoms with Crippen molar-refractivity contribution in [3.63, 3.8) is 0 Å². The molecule has 2 heterocycles. The zero-order valence-electron chi connectivity index (χ0n) is 10.2. The first-order valence-corrected chi connectivity index (χ1v) is 5.86. The summed E-state index contributed by atoms with van der Waals surface area (Å²) in [4.78, 5) is 22.2. The van der Waals surface area contributed by atoms with Gasteiger partial charge in [-0.3, -0.25) is 0 Å². The van der Waals surface area contributed by atoms with E-state index in [0.29, 0.717) is 0 Å². The molecule has 1 unspecified atom stereocenters. The van der Waals surface area contributed by atoms with Crippen LogP contribution in [0.1, 0.15) is 25.1 Å². The first kappa shape index (κ1) is 11.8. The molecule has 0 radical (unpaired) electrons. The number of nitrogens with zero attached hydrogens (tertiary/aromatic N) is 3. The Balaban J connectivity index is 2.24. The van der Waals surface area contributed by atoms with E-state index in [-0.39, 0.29) is 12.0 Å². The number of carbonyl (C=O) groups excluding carboxylic acids is 1. The van der Waals surface area contributed by atoms with Crippen molar-refractivity contribution >= 4 is 11.8 Å². The number of aryl methyl sites for hydroxylation is 1. The van der Waals surface area contributed by atoms with Crippen LogP contribution in [0.2, 0.25) is 0 Å². The number of methoxy groups -OCH3 is 1. The Morgan fingerprint density at radius 2 is 2.35 bits per heavy atom. The molecule has 0 amide bonds. The maximum absolute atomic E-state index is 11.7. The lowest BCUT2D eigenvalue weighted by atomic mass is 10.0. The summed E-state index contributed by atoms with van der Waals surface area (Å²) in [5, 5.41) is 0. The first-order valence-electron chi connectivity index (χ1n) is 5.86. The minimum atomic E-state index is -0.206. The Bertz CT molecular complexity index is 408. The lowest BCUT2D eigenvalue weighted by molar-refractivity contribution is -0.142. The molecule has 1 fully saturated rings. The average Bonchev–Trinajstić information content (AvgIpc) is 2.38. The van der Waals surface area contributed by atoms with Crippen LogP contribution in [0.3, 0.4) is 0 Å². The van der Waals surface area contributed by atoms with Gasteiger partial charge >= 0.3 is 5.97 Å². The molecule has 1 atom stereocenters. The summed E-state index contributed by atoms with van der Waals surface area (Å²) in [6.45, 7) is 2.69. The highest BCUT2D eigenvalue weighted by atomic mass is 16.5. The van der Waals surface area contributed by atoms with E-state index in [0.717, 1.165) is 37.4 Å². The molecule has 2 rings (SSSR count). The minimum absolute atomic E-state index is 0.180. The third-order valence-electron chi connectivity index (χ3n) is 3.03. The van der Waals surface area contributed by atoms with Gasteiger partial charge in [0.1, 0.15) is 17.7 Å². The number of esters is 1. The first-order chi connectivity index (χ1) is 8.22. The van der Waals surface area contributed by atoms with Crippen molar-refractivity contribution in [1.82, 2.24) is 9.97 Å². The van der Waals surface area contributed by atoms with E-state index in [1.807, 2.05) is 17.9 Å². The van der Waals surface area contributed by atoms with Gasteiger partial charge in [0.2, 0.25) is 0 Å². The Hall–Kier alpha value is -1.65. The molecule has 1 saturated heterocycles. The van der Waals surface area contributed by atoms with Gasteiger partial charge in [-0.1, -0.05) is 0 Å². The monoisotopic (exact) mass is 235 g/mol. The summed E-state index contributed by atoms with van der Waals surface area (Å²) in [6, 6.07) is 1.64. The fourth-order valence-electron chi connectivity index (χ4n) is 2.19. The summed E-state index contributed by atoms with van der Waals surface area (Å²) in [5.41, 5.74) is 0. The van der Waals surface area contributed by atoms with Crippen LogP contribution >= 0.6 is 0 Å². The average molecular weight is 235 g/mol. The van der Waals surface area contributed by atoms with Crippen LogP contribution in [0.4, 0.5) is 5.82 Å². The van der Waals surface area contributed by atoms with Gasteiger partial charge in [-0.15, -0.1) is 0 Å². The van der Waals surface area contributed by atoms with Gasteiger partial charge in [-0.05, 0) is 32.3 Å². The van der Waals surface area contributed by atoms with Crippen LogP contribution in [0, 0.1) is 6.92 Å². The molecule has 1 aliphatic rings. The van der Waals surface area contributed by atoms with Gasteiger partial charge in [0.15, 0.2) is 0 Å². The smallest absolute Gasteiger partial charge is 0.328 e. The van der Waals surface area contributed by atoms with E-state index >= 15 is 0 Å². The van der Waals surface area contributed by atoms with E-state index in [2.05, 4.69) is 9.97 Å². The number of hydrogen-bond donors (Lipinski definition) is 0. The Labute approximate surface area is 101 Å². The summed E-state index contributed by atoms with van der Waals surface area (Å²) in [5.74, 6) is 1.35. The summed E-state index contributed by atoms with van der Waals surface area (Å²) in [6.07, 6.45) is 4.69. The number of rotatable bonds is 2. The van der Waals surface area contributed by atoms with Crippen molar-refractivity contribution in [3.8, 4) is 0 Å². The van der Waals surface area contributed by atoms with Gasteiger partial charge < -0.3 is 9.64 Å². The topological polar surface area (TPSA) is 55.3 Å². The molecular weight excluding hydrogens is 218 g/mol. The van der Waals surface area contributed by atoms with E-state index in [9.17, 15) is 4.79 Å². The molecule has 1 aromatic rings. The minimum Gasteiger partial charge on any atom is -0.467 e. The van der Waals surface area contributed by atoms with Gasteiger partial charge in [-0.2, -0.15) is 0 Å². The second-order valence-electron chi connectivity index (χ2n) is 4.19. The maximum atomic E-state index is 11.7. The van der Waals surface area contributed by atoms with E-state index < -0.39 is 0 Å². The van der Waals surface area contributed by atoms with Crippen molar-refractivity contribution in [2.75, 3.05) is 18.6 Å². The van der Waals surface area contributed by atoms with E-state index in [1.165, 1.54) is 7.11 Å². The van der Waals surface area contributed by atoms with Crippen LogP contribution in [-0.2, 0) is 9.53 Å². The predicted octanol–water partition coefficient (Wildman–Crippen LogP) is 1.32. The molecule has 0 aliphatic carbocycles. The largest absolute Gasteiger partial charge is 0.467 e. The number of ether oxygens (including phenoxy) is 1. The highest BCUT2D eigenvalue weighted by Gasteiger charge is 2.30. The predicted molar refractivity (Wildman–Crippen MR) is 63.8 cm³/mol. The second-order valence-corrected chi connectivity index (χ2v) is 4.19. The summed E-state index contributed by atoms with van der Waals surface area (Å²) < 4.78 is 4.85. The lowest BCUT2D eigenvalue weighted by Crippen LogP contribution is -2.45. The Kier molecular flexibility index (Phi) is 3.56. The molecule has 0 bridgehead atoms. The Morgan fingerprint density at radius 1 is 1.53 bits per heavy atom. The van der Waals surface area contributed by atoms with Crippen LogP contribution in [0.15, 0.2) is 12.3 Å². The number of aromatic nitrogens is 2. The van der Waals surface area contributed by atoms with Crippen LogP contribution in [-0.4, -0.2) is 35.6 Å². The molecule has 17 heavy (non-hydrogen) atoms.